The van der Waals surface area contributed by atoms with Gasteiger partial charge in [-0.15, -0.1) is 0 Å². The van der Waals surface area contributed by atoms with Gasteiger partial charge in [0, 0.05) is 44.2 Å². The van der Waals surface area contributed by atoms with Crippen LogP contribution in [0, 0.1) is 0 Å². The number of rotatable bonds is 8. The minimum atomic E-state index is -0.816. The number of piperazine rings is 1. The zero-order valence-electron chi connectivity index (χ0n) is 16.2. The Kier molecular flexibility index (Phi) is 7.49. The number of nitrogens with zero attached hydrogens (tertiary/aromatic N) is 2. The third kappa shape index (κ3) is 6.76. The molecule has 0 saturated carbocycles. The van der Waals surface area contributed by atoms with Crippen LogP contribution in [0.3, 0.4) is 0 Å². The maximum atomic E-state index is 12.4. The number of aryl methyl sites for hydroxylation is 1. The Morgan fingerprint density at radius 3 is 2.17 bits per heavy atom. The van der Waals surface area contributed by atoms with Gasteiger partial charge in [-0.2, -0.15) is 0 Å². The average Bonchev–Trinajstić information content (AvgIpc) is 2.73. The van der Waals surface area contributed by atoms with E-state index in [1.165, 1.54) is 5.56 Å². The molecule has 0 spiro atoms. The molecule has 1 aliphatic rings. The van der Waals surface area contributed by atoms with Crippen molar-refractivity contribution in [1.29, 1.82) is 0 Å². The summed E-state index contributed by atoms with van der Waals surface area (Å²) in [5.41, 5.74) is 2.15. The number of carbonyl (C=O) groups is 2. The molecule has 1 aliphatic heterocycles. The zero-order valence-corrected chi connectivity index (χ0v) is 17.0. The highest BCUT2D eigenvalue weighted by molar-refractivity contribution is 6.30. The van der Waals surface area contributed by atoms with Crippen LogP contribution in [0.4, 0.5) is 0 Å². The molecule has 0 aromatic heterocycles. The van der Waals surface area contributed by atoms with E-state index >= 15 is 0 Å². The summed E-state index contributed by atoms with van der Waals surface area (Å²) in [6.45, 7) is 3.88. The smallest absolute Gasteiger partial charge is 0.303 e. The number of amides is 1. The number of carbonyl (C=O) groups excluding carboxylic acids is 1. The summed E-state index contributed by atoms with van der Waals surface area (Å²) in [5, 5.41) is 9.46. The van der Waals surface area contributed by atoms with E-state index in [1.807, 2.05) is 41.3 Å². The lowest BCUT2D eigenvalue weighted by Gasteiger charge is -2.34. The highest BCUT2D eigenvalue weighted by atomic mass is 35.5. The largest absolute Gasteiger partial charge is 0.484 e. The van der Waals surface area contributed by atoms with E-state index in [4.69, 9.17) is 21.4 Å². The van der Waals surface area contributed by atoms with Crippen molar-refractivity contribution in [2.75, 3.05) is 32.8 Å². The van der Waals surface area contributed by atoms with Gasteiger partial charge in [0.05, 0.1) is 0 Å². The predicted molar refractivity (Wildman–Crippen MR) is 111 cm³/mol. The maximum Gasteiger partial charge on any atom is 0.303 e. The van der Waals surface area contributed by atoms with Crippen molar-refractivity contribution in [2.24, 2.45) is 0 Å². The van der Waals surface area contributed by atoms with Gasteiger partial charge in [0.1, 0.15) is 5.75 Å². The molecule has 0 aliphatic carbocycles. The van der Waals surface area contributed by atoms with Crippen molar-refractivity contribution in [2.45, 2.75) is 19.4 Å². The fraction of sp³-hybridized carbons (Fsp3) is 0.364. The lowest BCUT2D eigenvalue weighted by Crippen LogP contribution is -2.49. The number of benzene rings is 2. The van der Waals surface area contributed by atoms with E-state index in [-0.39, 0.29) is 18.9 Å². The number of hydrogen-bond acceptors (Lipinski definition) is 4. The third-order valence-corrected chi connectivity index (χ3v) is 5.21. The van der Waals surface area contributed by atoms with E-state index in [1.54, 1.807) is 12.1 Å². The Hall–Kier alpha value is -2.57. The number of carboxylic acids is 1. The number of carboxylic acid groups (broad SMARTS) is 1. The molecule has 1 saturated heterocycles. The molecule has 3 rings (SSSR count). The fourth-order valence-corrected chi connectivity index (χ4v) is 3.37. The summed E-state index contributed by atoms with van der Waals surface area (Å²) in [4.78, 5) is 27.2. The summed E-state index contributed by atoms with van der Waals surface area (Å²) < 4.78 is 5.60. The summed E-state index contributed by atoms with van der Waals surface area (Å²) in [6, 6.07) is 15.1. The van der Waals surface area contributed by atoms with E-state index in [0.717, 1.165) is 30.2 Å². The Balaban J connectivity index is 1.39. The van der Waals surface area contributed by atoms with Crippen molar-refractivity contribution in [3.63, 3.8) is 0 Å². The Morgan fingerprint density at radius 2 is 1.55 bits per heavy atom. The first-order chi connectivity index (χ1) is 14.0. The predicted octanol–water partition coefficient (Wildman–Crippen LogP) is 3.08. The number of aliphatic carboxylic acids is 1. The first kappa shape index (κ1) is 21.1. The van der Waals surface area contributed by atoms with Crippen molar-refractivity contribution in [3.8, 4) is 5.75 Å². The summed E-state index contributed by atoms with van der Waals surface area (Å²) in [6.07, 6.45) is 0.581. The molecule has 154 valence electrons. The molecule has 29 heavy (non-hydrogen) atoms. The van der Waals surface area contributed by atoms with Crippen molar-refractivity contribution in [3.05, 3.63) is 64.7 Å². The second-order valence-electron chi connectivity index (χ2n) is 7.11. The van der Waals surface area contributed by atoms with Gasteiger partial charge in [-0.25, -0.2) is 0 Å². The van der Waals surface area contributed by atoms with Crippen LogP contribution in [0.25, 0.3) is 0 Å². The average molecular weight is 417 g/mol. The minimum Gasteiger partial charge on any atom is -0.484 e. The van der Waals surface area contributed by atoms with Gasteiger partial charge >= 0.3 is 5.97 Å². The van der Waals surface area contributed by atoms with Crippen molar-refractivity contribution in [1.82, 2.24) is 9.80 Å². The van der Waals surface area contributed by atoms with Crippen LogP contribution >= 0.6 is 11.6 Å². The van der Waals surface area contributed by atoms with E-state index in [0.29, 0.717) is 25.3 Å². The van der Waals surface area contributed by atoms with E-state index < -0.39 is 5.97 Å². The Bertz CT molecular complexity index is 816. The van der Waals surface area contributed by atoms with Gasteiger partial charge in [-0.05, 0) is 41.8 Å². The second kappa shape index (κ2) is 10.3. The van der Waals surface area contributed by atoms with Crippen LogP contribution in [0.2, 0.25) is 5.02 Å². The lowest BCUT2D eigenvalue weighted by atomic mass is 10.1. The molecule has 0 unspecified atom stereocenters. The van der Waals surface area contributed by atoms with Crippen molar-refractivity contribution < 1.29 is 19.4 Å². The summed E-state index contributed by atoms with van der Waals surface area (Å²) in [5.74, 6) is -0.228. The number of halogens is 1. The van der Waals surface area contributed by atoms with Gasteiger partial charge in [0.15, 0.2) is 6.61 Å². The minimum absolute atomic E-state index is 0.00561. The Labute approximate surface area is 175 Å². The molecule has 1 amide bonds. The van der Waals surface area contributed by atoms with Gasteiger partial charge < -0.3 is 14.7 Å². The molecular weight excluding hydrogens is 392 g/mol. The van der Waals surface area contributed by atoms with Crippen LogP contribution in [-0.2, 0) is 22.6 Å². The molecule has 2 aromatic rings. The summed E-state index contributed by atoms with van der Waals surface area (Å²) >= 11 is 5.92. The third-order valence-electron chi connectivity index (χ3n) is 4.96. The van der Waals surface area contributed by atoms with Crippen LogP contribution in [0.5, 0.6) is 5.75 Å². The number of ether oxygens (including phenoxy) is 1. The Morgan fingerprint density at radius 1 is 0.931 bits per heavy atom. The highest BCUT2D eigenvalue weighted by Crippen LogP contribution is 2.15. The van der Waals surface area contributed by atoms with Crippen LogP contribution in [0.1, 0.15) is 17.5 Å². The van der Waals surface area contributed by atoms with E-state index in [9.17, 15) is 9.59 Å². The van der Waals surface area contributed by atoms with Crippen LogP contribution in [-0.4, -0.2) is 59.6 Å². The molecule has 0 atom stereocenters. The first-order valence-corrected chi connectivity index (χ1v) is 10.1. The van der Waals surface area contributed by atoms with Gasteiger partial charge in [0.25, 0.3) is 5.91 Å². The SMILES string of the molecule is O=C(O)CCc1ccc(OCC(=O)N2CCN(Cc3ccc(Cl)cc3)CC2)cc1. The monoisotopic (exact) mass is 416 g/mol. The molecule has 6 nitrogen and oxygen atoms in total. The molecule has 1 N–H and O–H groups in total. The summed E-state index contributed by atoms with van der Waals surface area (Å²) in [7, 11) is 0. The molecule has 7 heteroatoms. The zero-order chi connectivity index (χ0) is 20.6. The van der Waals surface area contributed by atoms with Crippen LogP contribution < -0.4 is 4.74 Å². The topological polar surface area (TPSA) is 70.1 Å². The van der Waals surface area contributed by atoms with Gasteiger partial charge in [-0.3, -0.25) is 14.5 Å². The molecule has 1 heterocycles. The quantitative estimate of drug-likeness (QED) is 0.716. The maximum absolute atomic E-state index is 12.4. The van der Waals surface area contributed by atoms with Gasteiger partial charge in [0.2, 0.25) is 0 Å². The van der Waals surface area contributed by atoms with Crippen molar-refractivity contribution >= 4 is 23.5 Å². The van der Waals surface area contributed by atoms with Gasteiger partial charge in [-0.1, -0.05) is 35.9 Å². The highest BCUT2D eigenvalue weighted by Gasteiger charge is 2.21. The number of hydrogen-bond donors (Lipinski definition) is 1. The fourth-order valence-electron chi connectivity index (χ4n) is 3.24. The molecule has 1 fully saturated rings. The standard InChI is InChI=1S/C22H25ClN2O4/c23-19-6-1-18(2-7-19)15-24-11-13-25(14-12-24)21(26)16-29-20-8-3-17(4-9-20)5-10-22(27)28/h1-4,6-9H,5,10-16H2,(H,27,28). The second-order valence-corrected chi connectivity index (χ2v) is 7.55. The molecular formula is C22H25ClN2O4. The molecule has 0 bridgehead atoms. The first-order valence-electron chi connectivity index (χ1n) is 9.68. The molecule has 2 aromatic carbocycles. The molecule has 0 radical (unpaired) electrons. The lowest BCUT2D eigenvalue weighted by molar-refractivity contribution is -0.137. The van der Waals surface area contributed by atoms with E-state index in [2.05, 4.69) is 4.90 Å². The normalized spacial score (nSPS) is 14.6. The van der Waals surface area contributed by atoms with Crippen LogP contribution in [0.15, 0.2) is 48.5 Å².